The lowest BCUT2D eigenvalue weighted by atomic mass is 9.75. The summed E-state index contributed by atoms with van der Waals surface area (Å²) >= 11 is 0. The normalized spacial score (nSPS) is 24.4. The number of hydrogen-bond acceptors (Lipinski definition) is 3. The van der Waals surface area contributed by atoms with Gasteiger partial charge in [-0.25, -0.2) is 4.98 Å². The summed E-state index contributed by atoms with van der Waals surface area (Å²) in [6.45, 7) is 6.91. The highest BCUT2D eigenvalue weighted by molar-refractivity contribution is 5.79. The highest BCUT2D eigenvalue weighted by atomic mass is 16.2. The molecule has 1 aromatic heterocycles. The van der Waals surface area contributed by atoms with E-state index in [1.165, 1.54) is 5.56 Å². The zero-order chi connectivity index (χ0) is 19.6. The second-order valence-corrected chi connectivity index (χ2v) is 8.79. The number of likely N-dealkylation sites (tertiary alicyclic amines) is 2. The van der Waals surface area contributed by atoms with Gasteiger partial charge in [0.05, 0.1) is 6.54 Å². The summed E-state index contributed by atoms with van der Waals surface area (Å²) in [5, 5.41) is 0. The summed E-state index contributed by atoms with van der Waals surface area (Å²) in [7, 11) is 2.04. The number of benzene rings is 1. The molecule has 0 N–H and O–H groups in total. The predicted molar refractivity (Wildman–Crippen MR) is 111 cm³/mol. The predicted octanol–water partition coefficient (Wildman–Crippen LogP) is 3.21. The first-order chi connectivity index (χ1) is 13.5. The first-order valence-electron chi connectivity index (χ1n) is 10.6. The van der Waals surface area contributed by atoms with Crippen LogP contribution in [0.4, 0.5) is 0 Å². The highest BCUT2D eigenvalue weighted by Crippen LogP contribution is 2.34. The molecule has 150 valence electrons. The first kappa shape index (κ1) is 19.2. The Morgan fingerprint density at radius 2 is 1.93 bits per heavy atom. The van der Waals surface area contributed by atoms with Crippen LogP contribution < -0.4 is 0 Å². The number of carbonyl (C=O) groups is 1. The Kier molecular flexibility index (Phi) is 5.54. The monoisotopic (exact) mass is 380 g/mol. The van der Waals surface area contributed by atoms with Gasteiger partial charge in [-0.05, 0) is 44.3 Å². The quantitative estimate of drug-likeness (QED) is 0.818. The van der Waals surface area contributed by atoms with E-state index < -0.39 is 0 Å². The maximum atomic E-state index is 13.2. The van der Waals surface area contributed by atoms with E-state index in [0.29, 0.717) is 5.91 Å². The third kappa shape index (κ3) is 4.00. The molecule has 2 saturated heterocycles. The lowest BCUT2D eigenvalue weighted by Gasteiger charge is -2.43. The van der Waals surface area contributed by atoms with Crippen molar-refractivity contribution in [2.45, 2.75) is 44.6 Å². The molecule has 0 saturated carbocycles. The van der Waals surface area contributed by atoms with E-state index >= 15 is 0 Å². The van der Waals surface area contributed by atoms with E-state index in [4.69, 9.17) is 0 Å². The molecule has 2 aromatic rings. The molecule has 3 heterocycles. The highest BCUT2D eigenvalue weighted by Gasteiger charge is 2.37. The zero-order valence-corrected chi connectivity index (χ0v) is 17.2. The van der Waals surface area contributed by atoms with Crippen LogP contribution in [-0.4, -0.2) is 51.4 Å². The molecule has 5 nitrogen and oxygen atoms in total. The standard InChI is InChI=1S/C23H32N4O/c1-23(20-7-4-3-5-8-20)11-6-13-27(18-23)22(28)19-9-14-26(15-10-19)17-21-24-12-16-25(21)2/h3-5,7-8,12,16,19H,6,9-11,13-15,17-18H2,1-2H3. The van der Waals surface area contributed by atoms with Crippen molar-refractivity contribution in [3.63, 3.8) is 0 Å². The lowest BCUT2D eigenvalue weighted by molar-refractivity contribution is -0.139. The number of aryl methyl sites for hydroxylation is 1. The molecule has 1 unspecified atom stereocenters. The van der Waals surface area contributed by atoms with Gasteiger partial charge in [-0.1, -0.05) is 37.3 Å². The third-order valence-electron chi connectivity index (χ3n) is 6.70. The summed E-state index contributed by atoms with van der Waals surface area (Å²) in [5.41, 5.74) is 1.44. The van der Waals surface area contributed by atoms with E-state index in [1.807, 2.05) is 19.4 Å². The van der Waals surface area contributed by atoms with Gasteiger partial charge >= 0.3 is 0 Å². The molecule has 1 atom stereocenters. The summed E-state index contributed by atoms with van der Waals surface area (Å²) in [5.74, 6) is 1.65. The van der Waals surface area contributed by atoms with Crippen molar-refractivity contribution in [3.8, 4) is 0 Å². The Balaban J connectivity index is 1.34. The van der Waals surface area contributed by atoms with E-state index in [0.717, 1.165) is 64.2 Å². The molecule has 5 heteroatoms. The number of hydrogen-bond donors (Lipinski definition) is 0. The molecule has 0 spiro atoms. The second kappa shape index (κ2) is 8.08. The molecule has 4 rings (SSSR count). The molecule has 0 aliphatic carbocycles. The average Bonchev–Trinajstić information content (AvgIpc) is 3.13. The van der Waals surface area contributed by atoms with Crippen LogP contribution in [0.25, 0.3) is 0 Å². The lowest BCUT2D eigenvalue weighted by Crippen LogP contribution is -2.50. The van der Waals surface area contributed by atoms with E-state index in [2.05, 4.69) is 56.6 Å². The summed E-state index contributed by atoms with van der Waals surface area (Å²) in [6.07, 6.45) is 8.01. The number of imidazole rings is 1. The van der Waals surface area contributed by atoms with E-state index in [-0.39, 0.29) is 11.3 Å². The van der Waals surface area contributed by atoms with Gasteiger partial charge in [-0.3, -0.25) is 9.69 Å². The summed E-state index contributed by atoms with van der Waals surface area (Å²) < 4.78 is 2.08. The van der Waals surface area contributed by atoms with Crippen molar-refractivity contribution in [2.75, 3.05) is 26.2 Å². The maximum Gasteiger partial charge on any atom is 0.225 e. The van der Waals surface area contributed by atoms with Gasteiger partial charge < -0.3 is 9.47 Å². The zero-order valence-electron chi connectivity index (χ0n) is 17.2. The van der Waals surface area contributed by atoms with Crippen molar-refractivity contribution in [2.24, 2.45) is 13.0 Å². The summed E-state index contributed by atoms with van der Waals surface area (Å²) in [6, 6.07) is 10.7. The molecule has 0 radical (unpaired) electrons. The van der Waals surface area contributed by atoms with E-state index in [9.17, 15) is 4.79 Å². The van der Waals surface area contributed by atoms with Gasteiger partial charge in [0.1, 0.15) is 5.82 Å². The van der Waals surface area contributed by atoms with Gasteiger partial charge in [0.15, 0.2) is 0 Å². The van der Waals surface area contributed by atoms with Crippen LogP contribution in [0.3, 0.4) is 0 Å². The van der Waals surface area contributed by atoms with Crippen LogP contribution in [0.15, 0.2) is 42.7 Å². The Hall–Kier alpha value is -2.14. The fourth-order valence-corrected chi connectivity index (χ4v) is 4.85. The molecule has 28 heavy (non-hydrogen) atoms. The third-order valence-corrected chi connectivity index (χ3v) is 6.70. The van der Waals surface area contributed by atoms with Crippen molar-refractivity contribution in [1.82, 2.24) is 19.4 Å². The Labute approximate surface area is 168 Å². The minimum Gasteiger partial charge on any atom is -0.342 e. The van der Waals surface area contributed by atoms with Crippen molar-refractivity contribution in [3.05, 3.63) is 54.1 Å². The van der Waals surface area contributed by atoms with Crippen LogP contribution in [0.5, 0.6) is 0 Å². The minimum atomic E-state index is 0.0775. The minimum absolute atomic E-state index is 0.0775. The van der Waals surface area contributed by atoms with Gasteiger partial charge in [0, 0.05) is 43.9 Å². The maximum absolute atomic E-state index is 13.2. The molecule has 2 aliphatic rings. The molecule has 2 aliphatic heterocycles. The first-order valence-corrected chi connectivity index (χ1v) is 10.6. The Morgan fingerprint density at radius 1 is 1.18 bits per heavy atom. The van der Waals surface area contributed by atoms with Gasteiger partial charge in [-0.15, -0.1) is 0 Å². The molecular weight excluding hydrogens is 348 g/mol. The molecule has 0 bridgehead atoms. The van der Waals surface area contributed by atoms with Crippen LogP contribution in [0.1, 0.15) is 44.0 Å². The van der Waals surface area contributed by atoms with Crippen LogP contribution in [0.2, 0.25) is 0 Å². The molecule has 1 aromatic carbocycles. The topological polar surface area (TPSA) is 41.4 Å². The fourth-order valence-electron chi connectivity index (χ4n) is 4.85. The number of aromatic nitrogens is 2. The number of rotatable bonds is 4. The Morgan fingerprint density at radius 3 is 2.61 bits per heavy atom. The fraction of sp³-hybridized carbons (Fsp3) is 0.565. The number of carbonyl (C=O) groups excluding carboxylic acids is 1. The van der Waals surface area contributed by atoms with Gasteiger partial charge in [-0.2, -0.15) is 0 Å². The number of amides is 1. The number of nitrogens with zero attached hydrogens (tertiary/aromatic N) is 4. The summed E-state index contributed by atoms with van der Waals surface area (Å²) in [4.78, 5) is 22.2. The van der Waals surface area contributed by atoms with Gasteiger partial charge in [0.2, 0.25) is 5.91 Å². The van der Waals surface area contributed by atoms with E-state index in [1.54, 1.807) is 0 Å². The van der Waals surface area contributed by atoms with Crippen LogP contribution in [0, 0.1) is 5.92 Å². The molecular formula is C23H32N4O. The SMILES string of the molecule is Cn1ccnc1CN1CCC(C(=O)N2CCCC(C)(c3ccccc3)C2)CC1. The number of piperidine rings is 2. The van der Waals surface area contributed by atoms with Crippen molar-refractivity contribution in [1.29, 1.82) is 0 Å². The Bertz CT molecular complexity index is 794. The van der Waals surface area contributed by atoms with Crippen molar-refractivity contribution >= 4 is 5.91 Å². The van der Waals surface area contributed by atoms with Crippen LogP contribution >= 0.6 is 0 Å². The van der Waals surface area contributed by atoms with Crippen LogP contribution in [-0.2, 0) is 23.8 Å². The van der Waals surface area contributed by atoms with Gasteiger partial charge in [0.25, 0.3) is 0 Å². The smallest absolute Gasteiger partial charge is 0.225 e. The largest absolute Gasteiger partial charge is 0.342 e. The molecule has 1 amide bonds. The molecule has 2 fully saturated rings. The van der Waals surface area contributed by atoms with Crippen molar-refractivity contribution < 1.29 is 4.79 Å². The average molecular weight is 381 g/mol. The second-order valence-electron chi connectivity index (χ2n) is 8.79.